The first-order valence-corrected chi connectivity index (χ1v) is 6.80. The zero-order valence-corrected chi connectivity index (χ0v) is 11.6. The van der Waals surface area contributed by atoms with Crippen molar-refractivity contribution < 1.29 is 4.79 Å². The minimum absolute atomic E-state index is 0.00278. The number of amides is 1. The molecular weight excluding hydrogens is 252 g/mol. The number of nitrogens with two attached hydrogens (primary N) is 1. The average molecular weight is 272 g/mol. The molecule has 1 aromatic heterocycles. The Kier molecular flexibility index (Phi) is 4.90. The summed E-state index contributed by atoms with van der Waals surface area (Å²) in [7, 11) is 0. The summed E-state index contributed by atoms with van der Waals surface area (Å²) in [6.07, 6.45) is 2.91. The van der Waals surface area contributed by atoms with Crippen LogP contribution in [-0.4, -0.2) is 22.1 Å². The molecule has 0 aliphatic heterocycles. The molecule has 1 unspecified atom stereocenters. The van der Waals surface area contributed by atoms with E-state index >= 15 is 0 Å². The van der Waals surface area contributed by atoms with E-state index in [-0.39, 0.29) is 11.9 Å². The molecule has 5 heteroatoms. The maximum absolute atomic E-state index is 11.6. The summed E-state index contributed by atoms with van der Waals surface area (Å²) in [5, 5.41) is 9.72. The Balaban J connectivity index is 1.87. The molecule has 0 fully saturated rings. The fourth-order valence-corrected chi connectivity index (χ4v) is 1.87. The molecule has 0 radical (unpaired) electrons. The van der Waals surface area contributed by atoms with Crippen LogP contribution in [0.3, 0.4) is 0 Å². The molecule has 106 valence electrons. The van der Waals surface area contributed by atoms with Crippen molar-refractivity contribution in [3.63, 3.8) is 0 Å². The lowest BCUT2D eigenvalue weighted by atomic mass is 10.1. The van der Waals surface area contributed by atoms with Crippen LogP contribution in [0.4, 0.5) is 0 Å². The van der Waals surface area contributed by atoms with E-state index in [2.05, 4.69) is 15.5 Å². The van der Waals surface area contributed by atoms with E-state index in [1.54, 1.807) is 6.20 Å². The lowest BCUT2D eigenvalue weighted by Crippen LogP contribution is -2.30. The molecule has 0 aliphatic rings. The minimum atomic E-state index is -0.0576. The highest BCUT2D eigenvalue weighted by atomic mass is 16.1. The summed E-state index contributed by atoms with van der Waals surface area (Å²) < 4.78 is 0. The Morgan fingerprint density at radius 3 is 2.70 bits per heavy atom. The minimum Gasteiger partial charge on any atom is -0.352 e. The van der Waals surface area contributed by atoms with Gasteiger partial charge in [-0.2, -0.15) is 5.10 Å². The fraction of sp³-hybridized carbons (Fsp3) is 0.333. The highest BCUT2D eigenvalue weighted by Crippen LogP contribution is 2.16. The molecular formula is C15H20N4O. The van der Waals surface area contributed by atoms with Crippen LogP contribution in [0.1, 0.15) is 25.3 Å². The van der Waals surface area contributed by atoms with Crippen molar-refractivity contribution in [1.29, 1.82) is 0 Å². The maximum Gasteiger partial charge on any atom is 0.221 e. The third-order valence-electron chi connectivity index (χ3n) is 3.23. The van der Waals surface area contributed by atoms with Gasteiger partial charge in [-0.3, -0.25) is 9.89 Å². The monoisotopic (exact) mass is 272 g/mol. The van der Waals surface area contributed by atoms with Crippen molar-refractivity contribution in [3.05, 3.63) is 42.1 Å². The van der Waals surface area contributed by atoms with E-state index in [9.17, 15) is 4.79 Å². The molecule has 0 bridgehead atoms. The molecule has 1 aromatic carbocycles. The Hall–Kier alpha value is -2.14. The van der Waals surface area contributed by atoms with Crippen LogP contribution < -0.4 is 11.1 Å². The third-order valence-corrected chi connectivity index (χ3v) is 3.23. The second-order valence-corrected chi connectivity index (χ2v) is 4.82. The summed E-state index contributed by atoms with van der Waals surface area (Å²) in [6, 6.07) is 9.87. The highest BCUT2D eigenvalue weighted by Gasteiger charge is 2.07. The van der Waals surface area contributed by atoms with Crippen molar-refractivity contribution >= 4 is 5.91 Å². The first-order chi connectivity index (χ1) is 9.69. The van der Waals surface area contributed by atoms with Crippen LogP contribution in [0.2, 0.25) is 0 Å². The first kappa shape index (κ1) is 14.3. The summed E-state index contributed by atoms with van der Waals surface area (Å²) in [4.78, 5) is 11.6. The van der Waals surface area contributed by atoms with Crippen molar-refractivity contribution in [2.45, 2.75) is 32.4 Å². The molecule has 5 nitrogen and oxygen atoms in total. The lowest BCUT2D eigenvalue weighted by Gasteiger charge is -2.09. The second kappa shape index (κ2) is 6.86. The Morgan fingerprint density at radius 2 is 2.10 bits per heavy atom. The summed E-state index contributed by atoms with van der Waals surface area (Å²) in [6.45, 7) is 2.50. The van der Waals surface area contributed by atoms with Crippen LogP contribution in [0.25, 0.3) is 11.3 Å². The number of nitrogens with one attached hydrogen (secondary N) is 2. The van der Waals surface area contributed by atoms with Crippen molar-refractivity contribution in [3.8, 4) is 11.3 Å². The van der Waals surface area contributed by atoms with Crippen LogP contribution >= 0.6 is 0 Å². The van der Waals surface area contributed by atoms with E-state index in [1.165, 1.54) is 0 Å². The fourth-order valence-electron chi connectivity index (χ4n) is 1.87. The standard InChI is InChI=1S/C15H20N4O/c1-2-13(16)9-15(20)17-10-11-3-5-12(6-4-11)14-7-8-18-19-14/h3-8,13H,2,9-10,16H2,1H3,(H,17,20)(H,18,19). The number of carbonyl (C=O) groups is 1. The van der Waals surface area contributed by atoms with Gasteiger partial charge in [-0.1, -0.05) is 31.2 Å². The molecule has 0 saturated heterocycles. The maximum atomic E-state index is 11.6. The van der Waals surface area contributed by atoms with Crippen LogP contribution in [-0.2, 0) is 11.3 Å². The number of hydrogen-bond donors (Lipinski definition) is 3. The van der Waals surface area contributed by atoms with Crippen LogP contribution in [0.15, 0.2) is 36.5 Å². The number of aromatic nitrogens is 2. The van der Waals surface area contributed by atoms with Gasteiger partial charge in [-0.15, -0.1) is 0 Å². The lowest BCUT2D eigenvalue weighted by molar-refractivity contribution is -0.121. The molecule has 0 spiro atoms. The molecule has 2 rings (SSSR count). The predicted octanol–water partition coefficient (Wildman–Crippen LogP) is 1.82. The zero-order chi connectivity index (χ0) is 14.4. The molecule has 20 heavy (non-hydrogen) atoms. The Morgan fingerprint density at radius 1 is 1.35 bits per heavy atom. The van der Waals surface area contributed by atoms with Gasteiger partial charge in [-0.25, -0.2) is 0 Å². The van der Waals surface area contributed by atoms with Gasteiger partial charge in [0.15, 0.2) is 0 Å². The Labute approximate surface area is 118 Å². The number of nitrogens with zero attached hydrogens (tertiary/aromatic N) is 1. The quantitative estimate of drug-likeness (QED) is 0.750. The number of carbonyl (C=O) groups excluding carboxylic acids is 1. The SMILES string of the molecule is CCC(N)CC(=O)NCc1ccc(-c2ccn[nH]2)cc1. The van der Waals surface area contributed by atoms with Crippen molar-refractivity contribution in [2.75, 3.05) is 0 Å². The van der Waals surface area contributed by atoms with E-state index in [0.29, 0.717) is 13.0 Å². The molecule has 1 atom stereocenters. The van der Waals surface area contributed by atoms with Crippen molar-refractivity contribution in [2.24, 2.45) is 5.73 Å². The van der Waals surface area contributed by atoms with Gasteiger partial charge in [0.25, 0.3) is 0 Å². The molecule has 1 heterocycles. The zero-order valence-electron chi connectivity index (χ0n) is 11.6. The highest BCUT2D eigenvalue weighted by molar-refractivity contribution is 5.76. The normalized spacial score (nSPS) is 12.1. The van der Waals surface area contributed by atoms with Gasteiger partial charge in [0.2, 0.25) is 5.91 Å². The third kappa shape index (κ3) is 3.93. The van der Waals surface area contributed by atoms with Crippen LogP contribution in [0, 0.1) is 0 Å². The van der Waals surface area contributed by atoms with Crippen LogP contribution in [0.5, 0.6) is 0 Å². The van der Waals surface area contributed by atoms with Gasteiger partial charge in [-0.05, 0) is 23.6 Å². The molecule has 1 amide bonds. The van der Waals surface area contributed by atoms with Gasteiger partial charge < -0.3 is 11.1 Å². The summed E-state index contributed by atoms with van der Waals surface area (Å²) in [5.41, 5.74) is 8.86. The van der Waals surface area contributed by atoms with E-state index in [0.717, 1.165) is 23.2 Å². The number of H-pyrrole nitrogens is 1. The molecule has 0 saturated carbocycles. The molecule has 2 aromatic rings. The first-order valence-electron chi connectivity index (χ1n) is 6.80. The van der Waals surface area contributed by atoms with Crippen molar-refractivity contribution in [1.82, 2.24) is 15.5 Å². The average Bonchev–Trinajstić information content (AvgIpc) is 2.99. The number of aromatic amines is 1. The number of benzene rings is 1. The summed E-state index contributed by atoms with van der Waals surface area (Å²) >= 11 is 0. The number of hydrogen-bond acceptors (Lipinski definition) is 3. The summed E-state index contributed by atoms with van der Waals surface area (Å²) in [5.74, 6) is -0.00278. The predicted molar refractivity (Wildman–Crippen MR) is 78.8 cm³/mol. The van der Waals surface area contributed by atoms with Gasteiger partial charge in [0.05, 0.1) is 5.69 Å². The van der Waals surface area contributed by atoms with Gasteiger partial charge >= 0.3 is 0 Å². The number of rotatable bonds is 6. The van der Waals surface area contributed by atoms with E-state index < -0.39 is 0 Å². The molecule has 4 N–H and O–H groups in total. The van der Waals surface area contributed by atoms with Gasteiger partial charge in [0.1, 0.15) is 0 Å². The molecule has 0 aliphatic carbocycles. The van der Waals surface area contributed by atoms with E-state index in [4.69, 9.17) is 5.73 Å². The van der Waals surface area contributed by atoms with E-state index in [1.807, 2.05) is 37.3 Å². The smallest absolute Gasteiger partial charge is 0.221 e. The van der Waals surface area contributed by atoms with Gasteiger partial charge in [0, 0.05) is 25.2 Å². The Bertz CT molecular complexity index is 534. The second-order valence-electron chi connectivity index (χ2n) is 4.82. The largest absolute Gasteiger partial charge is 0.352 e. The topological polar surface area (TPSA) is 83.8 Å².